The Kier molecular flexibility index (Phi) is 5.36. The zero-order valence-electron chi connectivity index (χ0n) is 14.2. The van der Waals surface area contributed by atoms with Gasteiger partial charge in [-0.15, -0.1) is 0 Å². The molecule has 1 amide bonds. The zero-order chi connectivity index (χ0) is 17.1. The maximum Gasteiger partial charge on any atom is 0.249 e. The van der Waals surface area contributed by atoms with E-state index in [4.69, 9.17) is 16.3 Å². The number of aromatic nitrogens is 1. The van der Waals surface area contributed by atoms with Gasteiger partial charge in [0, 0.05) is 30.6 Å². The number of pyridine rings is 1. The molecule has 4 nitrogen and oxygen atoms in total. The molecule has 1 aliphatic rings. The van der Waals surface area contributed by atoms with Gasteiger partial charge in [0.05, 0.1) is 5.52 Å². The number of halogens is 1. The minimum Gasteiger partial charge on any atom is -0.375 e. The van der Waals surface area contributed by atoms with Crippen molar-refractivity contribution in [1.82, 2.24) is 9.88 Å². The van der Waals surface area contributed by atoms with Crippen molar-refractivity contribution in [1.29, 1.82) is 0 Å². The summed E-state index contributed by atoms with van der Waals surface area (Å²) < 4.78 is 5.06. The molecule has 1 aliphatic carbocycles. The van der Waals surface area contributed by atoms with E-state index in [2.05, 4.69) is 24.0 Å². The Labute approximate surface area is 147 Å². The molecule has 1 saturated carbocycles. The number of hydrogen-bond donors (Lipinski definition) is 0. The number of amides is 1. The molecule has 0 bridgehead atoms. The van der Waals surface area contributed by atoms with E-state index in [9.17, 15) is 4.79 Å². The van der Waals surface area contributed by atoms with Gasteiger partial charge in [0.15, 0.2) is 0 Å². The molecule has 5 heteroatoms. The molecule has 0 aliphatic heterocycles. The van der Waals surface area contributed by atoms with Crippen LogP contribution in [0.1, 0.15) is 36.8 Å². The van der Waals surface area contributed by atoms with Gasteiger partial charge in [0.25, 0.3) is 0 Å². The molecule has 0 saturated heterocycles. The van der Waals surface area contributed by atoms with E-state index in [0.717, 1.165) is 29.3 Å². The minimum absolute atomic E-state index is 0.0183. The number of methoxy groups -OCH3 is 1. The van der Waals surface area contributed by atoms with Crippen LogP contribution in [-0.2, 0) is 16.1 Å². The van der Waals surface area contributed by atoms with Crippen molar-refractivity contribution < 1.29 is 9.53 Å². The lowest BCUT2D eigenvalue weighted by Gasteiger charge is -2.29. The lowest BCUT2D eigenvalue weighted by atomic mass is 10.1. The van der Waals surface area contributed by atoms with E-state index in [1.807, 2.05) is 17.0 Å². The van der Waals surface area contributed by atoms with Crippen molar-refractivity contribution in [2.75, 3.05) is 13.7 Å². The van der Waals surface area contributed by atoms with Crippen molar-refractivity contribution >= 4 is 28.4 Å². The lowest BCUT2D eigenvalue weighted by Crippen LogP contribution is -2.40. The predicted octanol–water partition coefficient (Wildman–Crippen LogP) is 4.11. The number of fused-ring (bicyclic) bond motifs is 1. The summed E-state index contributed by atoms with van der Waals surface area (Å²) in [6.07, 6.45) is 4.44. The summed E-state index contributed by atoms with van der Waals surface area (Å²) in [5, 5.41) is 1.53. The maximum atomic E-state index is 12.5. The maximum absolute atomic E-state index is 12.5. The van der Waals surface area contributed by atoms with Crippen LogP contribution in [-0.4, -0.2) is 35.5 Å². The number of aryl methyl sites for hydroxylation is 1. The molecule has 0 unspecified atom stereocenters. The Morgan fingerprint density at radius 1 is 1.33 bits per heavy atom. The first-order chi connectivity index (χ1) is 11.6. The quantitative estimate of drug-likeness (QED) is 0.765. The molecule has 1 fully saturated rings. The van der Waals surface area contributed by atoms with Gasteiger partial charge in [-0.05, 0) is 38.0 Å². The van der Waals surface area contributed by atoms with Crippen LogP contribution in [0.15, 0.2) is 24.3 Å². The van der Waals surface area contributed by atoms with Crippen LogP contribution in [0, 0.1) is 6.92 Å². The minimum atomic E-state index is 0.0183. The SMILES string of the molecule is COCC(=O)N(Cc1cc2cc(C)ccc2nc1Cl)C1CCCC1. The summed E-state index contributed by atoms with van der Waals surface area (Å²) in [5.74, 6) is 0.0183. The number of hydrogen-bond acceptors (Lipinski definition) is 3. The molecule has 0 spiro atoms. The van der Waals surface area contributed by atoms with E-state index in [0.29, 0.717) is 11.7 Å². The smallest absolute Gasteiger partial charge is 0.249 e. The van der Waals surface area contributed by atoms with Crippen LogP contribution < -0.4 is 0 Å². The lowest BCUT2D eigenvalue weighted by molar-refractivity contribution is -0.138. The van der Waals surface area contributed by atoms with E-state index in [1.165, 1.54) is 18.4 Å². The summed E-state index contributed by atoms with van der Waals surface area (Å²) >= 11 is 6.40. The second-order valence-electron chi connectivity index (χ2n) is 6.53. The molecule has 128 valence electrons. The Bertz CT molecular complexity index is 741. The van der Waals surface area contributed by atoms with E-state index < -0.39 is 0 Å². The van der Waals surface area contributed by atoms with Crippen LogP contribution in [0.3, 0.4) is 0 Å². The highest BCUT2D eigenvalue weighted by molar-refractivity contribution is 6.30. The monoisotopic (exact) mass is 346 g/mol. The third-order valence-electron chi connectivity index (χ3n) is 4.69. The molecule has 0 radical (unpaired) electrons. The van der Waals surface area contributed by atoms with Crippen molar-refractivity contribution in [2.45, 2.75) is 45.2 Å². The average Bonchev–Trinajstić information content (AvgIpc) is 3.07. The van der Waals surface area contributed by atoms with Gasteiger partial charge in [0.2, 0.25) is 5.91 Å². The Hall–Kier alpha value is -1.65. The molecular formula is C19H23ClN2O2. The number of benzene rings is 1. The van der Waals surface area contributed by atoms with Crippen LogP contribution in [0.25, 0.3) is 10.9 Å². The van der Waals surface area contributed by atoms with Gasteiger partial charge >= 0.3 is 0 Å². The normalized spacial score (nSPS) is 15.1. The summed E-state index contributed by atoms with van der Waals surface area (Å²) in [5.41, 5.74) is 2.96. The van der Waals surface area contributed by atoms with E-state index in [1.54, 1.807) is 7.11 Å². The van der Waals surface area contributed by atoms with Crippen LogP contribution in [0.4, 0.5) is 0 Å². The highest BCUT2D eigenvalue weighted by Gasteiger charge is 2.27. The molecule has 1 heterocycles. The summed E-state index contributed by atoms with van der Waals surface area (Å²) in [6, 6.07) is 8.43. The van der Waals surface area contributed by atoms with Gasteiger partial charge in [-0.25, -0.2) is 4.98 Å². The summed E-state index contributed by atoms with van der Waals surface area (Å²) in [4.78, 5) is 18.9. The highest BCUT2D eigenvalue weighted by Crippen LogP contribution is 2.28. The van der Waals surface area contributed by atoms with Crippen LogP contribution in [0.5, 0.6) is 0 Å². The molecule has 1 aromatic carbocycles. The number of nitrogens with zero attached hydrogens (tertiary/aromatic N) is 2. The topological polar surface area (TPSA) is 42.4 Å². The molecular weight excluding hydrogens is 324 g/mol. The average molecular weight is 347 g/mol. The van der Waals surface area contributed by atoms with Crippen molar-refractivity contribution in [2.24, 2.45) is 0 Å². The molecule has 3 rings (SSSR count). The second-order valence-corrected chi connectivity index (χ2v) is 6.89. The standard InChI is InChI=1S/C19H23ClN2O2/c1-13-7-8-17-14(9-13)10-15(19(20)21-17)11-22(18(23)12-24-2)16-5-3-4-6-16/h7-10,16H,3-6,11-12H2,1-2H3. The van der Waals surface area contributed by atoms with Gasteiger partial charge in [-0.2, -0.15) is 0 Å². The van der Waals surface area contributed by atoms with E-state index >= 15 is 0 Å². The highest BCUT2D eigenvalue weighted by atomic mass is 35.5. The summed E-state index contributed by atoms with van der Waals surface area (Å²) in [6.45, 7) is 2.65. The van der Waals surface area contributed by atoms with Crippen molar-refractivity contribution in [3.63, 3.8) is 0 Å². The van der Waals surface area contributed by atoms with Gasteiger partial charge in [0.1, 0.15) is 11.8 Å². The first kappa shape index (κ1) is 17.2. The van der Waals surface area contributed by atoms with Crippen molar-refractivity contribution in [3.8, 4) is 0 Å². The first-order valence-electron chi connectivity index (χ1n) is 8.42. The fourth-order valence-electron chi connectivity index (χ4n) is 3.45. The Morgan fingerprint density at radius 2 is 2.08 bits per heavy atom. The van der Waals surface area contributed by atoms with Crippen LogP contribution in [0.2, 0.25) is 5.15 Å². The Morgan fingerprint density at radius 3 is 2.79 bits per heavy atom. The molecule has 24 heavy (non-hydrogen) atoms. The largest absolute Gasteiger partial charge is 0.375 e. The molecule has 2 aromatic rings. The first-order valence-corrected chi connectivity index (χ1v) is 8.80. The zero-order valence-corrected chi connectivity index (χ0v) is 15.0. The van der Waals surface area contributed by atoms with Gasteiger partial charge in [-0.1, -0.05) is 36.1 Å². The number of carbonyl (C=O) groups is 1. The number of ether oxygens (including phenoxy) is 1. The number of carbonyl (C=O) groups excluding carboxylic acids is 1. The van der Waals surface area contributed by atoms with Gasteiger partial charge in [-0.3, -0.25) is 4.79 Å². The van der Waals surface area contributed by atoms with Crippen LogP contribution >= 0.6 is 11.6 Å². The predicted molar refractivity (Wildman–Crippen MR) is 96.2 cm³/mol. The third kappa shape index (κ3) is 3.70. The summed E-state index contributed by atoms with van der Waals surface area (Å²) in [7, 11) is 1.55. The molecule has 0 N–H and O–H groups in total. The third-order valence-corrected chi connectivity index (χ3v) is 5.02. The fraction of sp³-hybridized carbons (Fsp3) is 0.474. The fourth-order valence-corrected chi connectivity index (χ4v) is 3.66. The Balaban J connectivity index is 1.91. The van der Waals surface area contributed by atoms with Gasteiger partial charge < -0.3 is 9.64 Å². The molecule has 1 aromatic heterocycles. The second kappa shape index (κ2) is 7.49. The number of rotatable bonds is 5. The molecule has 0 atom stereocenters. The van der Waals surface area contributed by atoms with E-state index in [-0.39, 0.29) is 18.6 Å². The van der Waals surface area contributed by atoms with Crippen molar-refractivity contribution in [3.05, 3.63) is 40.5 Å².